The van der Waals surface area contributed by atoms with Crippen LogP contribution in [0, 0.1) is 0 Å². The smallest absolute Gasteiger partial charge is 0.160 e. The second kappa shape index (κ2) is 12.5. The third-order valence-electron chi connectivity index (χ3n) is 11.8. The van der Waals surface area contributed by atoms with Gasteiger partial charge in [-0.05, 0) is 92.7 Å². The first-order chi connectivity index (χ1) is 27.5. The van der Waals surface area contributed by atoms with Gasteiger partial charge in [-0.15, -0.1) is 0 Å². The number of aromatic nitrogens is 3. The molecule has 0 bridgehead atoms. The molecule has 0 saturated heterocycles. The van der Waals surface area contributed by atoms with Crippen LogP contribution >= 0.6 is 0 Å². The molecule has 1 aliphatic carbocycles. The molecule has 3 heteroatoms. The van der Waals surface area contributed by atoms with Crippen LogP contribution in [-0.2, 0) is 5.41 Å². The van der Waals surface area contributed by atoms with E-state index in [0.29, 0.717) is 0 Å². The van der Waals surface area contributed by atoms with Gasteiger partial charge in [0, 0.05) is 38.6 Å². The summed E-state index contributed by atoms with van der Waals surface area (Å²) in [5, 5.41) is 5.01. The third-order valence-corrected chi connectivity index (χ3v) is 11.8. The van der Waals surface area contributed by atoms with E-state index < -0.39 is 0 Å². The first-order valence-electron chi connectivity index (χ1n) is 19.3. The van der Waals surface area contributed by atoms with Crippen molar-refractivity contribution >= 4 is 32.6 Å². The fourth-order valence-corrected chi connectivity index (χ4v) is 8.98. The Hall–Kier alpha value is -7.10. The van der Waals surface area contributed by atoms with E-state index in [9.17, 15) is 0 Å². The molecule has 8 aromatic carbocycles. The van der Waals surface area contributed by atoms with E-state index in [0.717, 1.165) is 45.2 Å². The molecule has 0 atom stereocenters. The third kappa shape index (κ3) is 5.05. The first-order valence-corrected chi connectivity index (χ1v) is 19.3. The lowest BCUT2D eigenvalue weighted by Crippen LogP contribution is -2.14. The number of hydrogen-bond donors (Lipinski definition) is 0. The molecule has 11 rings (SSSR count). The number of hydrogen-bond acceptors (Lipinski definition) is 2. The van der Waals surface area contributed by atoms with Gasteiger partial charge in [0.25, 0.3) is 0 Å². The molecule has 264 valence electrons. The largest absolute Gasteiger partial charge is 0.309 e. The van der Waals surface area contributed by atoms with E-state index in [2.05, 4.69) is 200 Å². The van der Waals surface area contributed by atoms with Gasteiger partial charge in [0.2, 0.25) is 0 Å². The summed E-state index contributed by atoms with van der Waals surface area (Å²) >= 11 is 0. The molecule has 0 N–H and O–H groups in total. The minimum atomic E-state index is -0.141. The molecule has 10 aromatic rings. The summed E-state index contributed by atoms with van der Waals surface area (Å²) in [6.45, 7) is 4.69. The van der Waals surface area contributed by atoms with Gasteiger partial charge in [-0.2, -0.15) is 0 Å². The topological polar surface area (TPSA) is 30.7 Å². The summed E-state index contributed by atoms with van der Waals surface area (Å²) in [5.41, 5.74) is 16.0. The maximum atomic E-state index is 5.29. The molecule has 2 aromatic heterocycles. The minimum absolute atomic E-state index is 0.141. The monoisotopic (exact) mass is 715 g/mol. The SMILES string of the molecule is CC1(C)c2cc3ccccc3cc2-c2c(-c3cc(-c4ccc(-c5ccc6c(c5)c5ccccc5n6-c5ccccc5)cc4)nc(-c4ccccc4)n3)cccc21. The normalized spacial score (nSPS) is 13.0. The Morgan fingerprint density at radius 3 is 1.86 bits per heavy atom. The zero-order chi connectivity index (χ0) is 37.4. The number of fused-ring (bicyclic) bond motifs is 7. The molecule has 0 fully saturated rings. The van der Waals surface area contributed by atoms with Crippen LogP contribution < -0.4 is 0 Å². The van der Waals surface area contributed by atoms with Gasteiger partial charge in [-0.25, -0.2) is 9.97 Å². The zero-order valence-electron chi connectivity index (χ0n) is 31.2. The summed E-state index contributed by atoms with van der Waals surface area (Å²) in [4.78, 5) is 10.5. The van der Waals surface area contributed by atoms with Crippen molar-refractivity contribution in [2.24, 2.45) is 0 Å². The van der Waals surface area contributed by atoms with Gasteiger partial charge in [0.05, 0.1) is 22.4 Å². The van der Waals surface area contributed by atoms with Crippen LogP contribution in [0.1, 0.15) is 25.0 Å². The quantitative estimate of drug-likeness (QED) is 0.178. The number of nitrogens with zero attached hydrogens (tertiary/aromatic N) is 3. The van der Waals surface area contributed by atoms with Crippen LogP contribution in [0.25, 0.3) is 94.4 Å². The zero-order valence-corrected chi connectivity index (χ0v) is 31.2. The second-order valence-corrected chi connectivity index (χ2v) is 15.4. The highest BCUT2D eigenvalue weighted by Crippen LogP contribution is 2.53. The Bertz CT molecular complexity index is 3140. The summed E-state index contributed by atoms with van der Waals surface area (Å²) in [5.74, 6) is 0.719. The van der Waals surface area contributed by atoms with Crippen molar-refractivity contribution < 1.29 is 0 Å². The average Bonchev–Trinajstić information content (AvgIpc) is 3.71. The Kier molecular flexibility index (Phi) is 7.20. The molecule has 1 aliphatic rings. The molecular weight excluding hydrogens is 679 g/mol. The van der Waals surface area contributed by atoms with Gasteiger partial charge in [-0.3, -0.25) is 0 Å². The van der Waals surface area contributed by atoms with Gasteiger partial charge < -0.3 is 4.57 Å². The van der Waals surface area contributed by atoms with Gasteiger partial charge >= 0.3 is 0 Å². The van der Waals surface area contributed by atoms with E-state index in [1.165, 1.54) is 60.4 Å². The Morgan fingerprint density at radius 2 is 1.05 bits per heavy atom. The molecule has 0 spiro atoms. The van der Waals surface area contributed by atoms with Crippen molar-refractivity contribution in [2.75, 3.05) is 0 Å². The van der Waals surface area contributed by atoms with Crippen LogP contribution in [0.2, 0.25) is 0 Å². The molecule has 0 radical (unpaired) electrons. The van der Waals surface area contributed by atoms with Gasteiger partial charge in [-0.1, -0.05) is 153 Å². The lowest BCUT2D eigenvalue weighted by atomic mass is 9.81. The minimum Gasteiger partial charge on any atom is -0.309 e. The van der Waals surface area contributed by atoms with E-state index in [1.54, 1.807) is 0 Å². The molecule has 0 aliphatic heterocycles. The van der Waals surface area contributed by atoms with Crippen LogP contribution in [-0.4, -0.2) is 14.5 Å². The van der Waals surface area contributed by atoms with Crippen LogP contribution in [0.5, 0.6) is 0 Å². The second-order valence-electron chi connectivity index (χ2n) is 15.4. The first kappa shape index (κ1) is 32.3. The highest BCUT2D eigenvalue weighted by Gasteiger charge is 2.37. The number of para-hydroxylation sites is 2. The standard InChI is InChI=1S/C53H37N3/c1-53(2)45-22-13-21-42(51(45)44-31-37-16-9-10-17-38(37)32-46(44)53)48-33-47(54-52(55-48)36-14-5-3-6-15-36)35-26-24-34(25-27-35)39-28-29-50-43(30-39)41-20-11-12-23-49(41)56(50)40-18-7-4-8-19-40/h3-33H,1-2H3. The molecule has 0 saturated carbocycles. The molecule has 56 heavy (non-hydrogen) atoms. The van der Waals surface area contributed by atoms with Crippen LogP contribution in [0.3, 0.4) is 0 Å². The van der Waals surface area contributed by atoms with Crippen LogP contribution in [0.4, 0.5) is 0 Å². The highest BCUT2D eigenvalue weighted by atomic mass is 15.0. The Labute approximate surface area is 326 Å². The maximum absolute atomic E-state index is 5.29. The van der Waals surface area contributed by atoms with Crippen molar-refractivity contribution in [1.29, 1.82) is 0 Å². The molecule has 3 nitrogen and oxygen atoms in total. The molecule has 2 heterocycles. The summed E-state index contributed by atoms with van der Waals surface area (Å²) in [6, 6.07) is 67.6. The van der Waals surface area contributed by atoms with E-state index in [4.69, 9.17) is 9.97 Å². The lowest BCUT2D eigenvalue weighted by Gasteiger charge is -2.22. The fourth-order valence-electron chi connectivity index (χ4n) is 8.98. The van der Waals surface area contributed by atoms with E-state index in [1.807, 2.05) is 6.07 Å². The summed E-state index contributed by atoms with van der Waals surface area (Å²) < 4.78 is 2.36. The van der Waals surface area contributed by atoms with Crippen molar-refractivity contribution in [3.8, 4) is 61.8 Å². The maximum Gasteiger partial charge on any atom is 0.160 e. The van der Waals surface area contributed by atoms with Crippen molar-refractivity contribution in [2.45, 2.75) is 19.3 Å². The van der Waals surface area contributed by atoms with Crippen molar-refractivity contribution in [3.63, 3.8) is 0 Å². The highest BCUT2D eigenvalue weighted by molar-refractivity contribution is 6.10. The fraction of sp³-hybridized carbons (Fsp3) is 0.0566. The molecule has 0 amide bonds. The molecule has 0 unspecified atom stereocenters. The Balaban J connectivity index is 1.04. The molecular formula is C53H37N3. The predicted molar refractivity (Wildman–Crippen MR) is 233 cm³/mol. The van der Waals surface area contributed by atoms with Crippen molar-refractivity contribution in [3.05, 3.63) is 199 Å². The van der Waals surface area contributed by atoms with Crippen LogP contribution in [0.15, 0.2) is 188 Å². The summed E-state index contributed by atoms with van der Waals surface area (Å²) in [6.07, 6.45) is 0. The van der Waals surface area contributed by atoms with Gasteiger partial charge in [0.1, 0.15) is 0 Å². The number of rotatable bonds is 5. The Morgan fingerprint density at radius 1 is 0.411 bits per heavy atom. The lowest BCUT2D eigenvalue weighted by molar-refractivity contribution is 0.661. The predicted octanol–water partition coefficient (Wildman–Crippen LogP) is 13.7. The van der Waals surface area contributed by atoms with E-state index in [-0.39, 0.29) is 5.41 Å². The van der Waals surface area contributed by atoms with E-state index >= 15 is 0 Å². The van der Waals surface area contributed by atoms with Gasteiger partial charge in [0.15, 0.2) is 5.82 Å². The average molecular weight is 716 g/mol. The van der Waals surface area contributed by atoms with Crippen molar-refractivity contribution in [1.82, 2.24) is 14.5 Å². The number of benzene rings is 8. The summed E-state index contributed by atoms with van der Waals surface area (Å²) in [7, 11) is 0.